The standard InChI is InChI=1S/C8H11ClN2O2/c1-3-5(2)13-6-4-10-11-8(12)7(6)9/h4-5H,3H2,1-2H3,(H,11,12)/t5-/m0/s1. The summed E-state index contributed by atoms with van der Waals surface area (Å²) in [6, 6.07) is 0. The normalized spacial score (nSPS) is 12.5. The van der Waals surface area contributed by atoms with Crippen LogP contribution < -0.4 is 10.3 Å². The van der Waals surface area contributed by atoms with E-state index in [4.69, 9.17) is 16.3 Å². The number of rotatable bonds is 3. The van der Waals surface area contributed by atoms with Gasteiger partial charge in [0.2, 0.25) is 0 Å². The summed E-state index contributed by atoms with van der Waals surface area (Å²) in [5.41, 5.74) is -0.428. The van der Waals surface area contributed by atoms with Gasteiger partial charge < -0.3 is 4.74 Å². The van der Waals surface area contributed by atoms with Crippen LogP contribution >= 0.6 is 11.6 Å². The number of nitrogens with one attached hydrogen (secondary N) is 1. The molecule has 1 rings (SSSR count). The Morgan fingerprint density at radius 1 is 1.77 bits per heavy atom. The van der Waals surface area contributed by atoms with Crippen LogP contribution in [0.5, 0.6) is 5.75 Å². The van der Waals surface area contributed by atoms with E-state index >= 15 is 0 Å². The Morgan fingerprint density at radius 2 is 2.46 bits per heavy atom. The fourth-order valence-corrected chi connectivity index (χ4v) is 0.885. The molecule has 13 heavy (non-hydrogen) atoms. The van der Waals surface area contributed by atoms with Gasteiger partial charge in [-0.05, 0) is 13.3 Å². The summed E-state index contributed by atoms with van der Waals surface area (Å²) < 4.78 is 5.36. The Morgan fingerprint density at radius 3 is 3.08 bits per heavy atom. The average molecular weight is 203 g/mol. The van der Waals surface area contributed by atoms with E-state index in [1.54, 1.807) is 0 Å². The predicted octanol–water partition coefficient (Wildman–Crippen LogP) is 1.60. The van der Waals surface area contributed by atoms with Gasteiger partial charge in [-0.2, -0.15) is 5.10 Å². The largest absolute Gasteiger partial charge is 0.487 e. The van der Waals surface area contributed by atoms with E-state index in [2.05, 4.69) is 10.2 Å². The van der Waals surface area contributed by atoms with Crippen molar-refractivity contribution < 1.29 is 4.74 Å². The lowest BCUT2D eigenvalue weighted by atomic mass is 10.3. The minimum atomic E-state index is -0.428. The molecular weight excluding hydrogens is 192 g/mol. The van der Waals surface area contributed by atoms with Crippen LogP contribution in [-0.2, 0) is 0 Å². The zero-order valence-electron chi connectivity index (χ0n) is 7.50. The summed E-state index contributed by atoms with van der Waals surface area (Å²) in [7, 11) is 0. The van der Waals surface area contributed by atoms with Gasteiger partial charge in [-0.15, -0.1) is 0 Å². The second-order valence-corrected chi connectivity index (χ2v) is 3.09. The fourth-order valence-electron chi connectivity index (χ4n) is 0.749. The molecule has 1 aromatic rings. The summed E-state index contributed by atoms with van der Waals surface area (Å²) in [6.45, 7) is 3.89. The summed E-state index contributed by atoms with van der Waals surface area (Å²) in [6.07, 6.45) is 2.28. The molecule has 1 aromatic heterocycles. The van der Waals surface area contributed by atoms with Crippen LogP contribution in [-0.4, -0.2) is 16.3 Å². The van der Waals surface area contributed by atoms with Crippen LogP contribution in [0.1, 0.15) is 20.3 Å². The molecule has 0 spiro atoms. The Kier molecular flexibility index (Phi) is 3.31. The second-order valence-electron chi connectivity index (χ2n) is 2.71. The zero-order chi connectivity index (χ0) is 9.84. The number of ether oxygens (including phenoxy) is 1. The van der Waals surface area contributed by atoms with Crippen LogP contribution in [0.15, 0.2) is 11.0 Å². The van der Waals surface area contributed by atoms with Crippen molar-refractivity contribution in [2.75, 3.05) is 0 Å². The highest BCUT2D eigenvalue weighted by Crippen LogP contribution is 2.19. The molecule has 1 heterocycles. The molecule has 0 aromatic carbocycles. The molecule has 0 amide bonds. The smallest absolute Gasteiger partial charge is 0.286 e. The maximum absolute atomic E-state index is 11.0. The predicted molar refractivity (Wildman–Crippen MR) is 50.2 cm³/mol. The first-order valence-corrected chi connectivity index (χ1v) is 4.42. The van der Waals surface area contributed by atoms with Crippen molar-refractivity contribution in [2.45, 2.75) is 26.4 Å². The van der Waals surface area contributed by atoms with Crippen molar-refractivity contribution in [3.8, 4) is 5.75 Å². The number of aromatic nitrogens is 2. The van der Waals surface area contributed by atoms with Gasteiger partial charge in [0.1, 0.15) is 0 Å². The van der Waals surface area contributed by atoms with E-state index in [1.165, 1.54) is 6.20 Å². The van der Waals surface area contributed by atoms with Crippen molar-refractivity contribution in [1.29, 1.82) is 0 Å². The van der Waals surface area contributed by atoms with Crippen molar-refractivity contribution in [1.82, 2.24) is 10.2 Å². The topological polar surface area (TPSA) is 55.0 Å². The van der Waals surface area contributed by atoms with Gasteiger partial charge in [-0.3, -0.25) is 4.79 Å². The van der Waals surface area contributed by atoms with E-state index in [1.807, 2.05) is 13.8 Å². The molecule has 0 aliphatic heterocycles. The van der Waals surface area contributed by atoms with Crippen molar-refractivity contribution in [2.24, 2.45) is 0 Å². The molecule has 0 unspecified atom stereocenters. The number of H-pyrrole nitrogens is 1. The molecule has 0 saturated heterocycles. The molecule has 0 saturated carbocycles. The Bertz CT molecular complexity index is 337. The van der Waals surface area contributed by atoms with Crippen LogP contribution in [0, 0.1) is 0 Å². The fraction of sp³-hybridized carbons (Fsp3) is 0.500. The first kappa shape index (κ1) is 10.1. The number of nitrogens with zero attached hydrogens (tertiary/aromatic N) is 1. The SMILES string of the molecule is CC[C@H](C)Oc1cn[nH]c(=O)c1Cl. The van der Waals surface area contributed by atoms with Gasteiger partial charge >= 0.3 is 0 Å². The van der Waals surface area contributed by atoms with Crippen molar-refractivity contribution in [3.05, 3.63) is 21.6 Å². The second kappa shape index (κ2) is 4.28. The lowest BCUT2D eigenvalue weighted by Gasteiger charge is -2.12. The van der Waals surface area contributed by atoms with E-state index < -0.39 is 5.56 Å². The summed E-state index contributed by atoms with van der Waals surface area (Å²) in [4.78, 5) is 11.0. The van der Waals surface area contributed by atoms with E-state index in [-0.39, 0.29) is 11.1 Å². The number of aromatic amines is 1. The number of halogens is 1. The molecular formula is C8H11ClN2O2. The minimum Gasteiger partial charge on any atom is -0.487 e. The lowest BCUT2D eigenvalue weighted by molar-refractivity contribution is 0.216. The molecule has 0 aliphatic rings. The third-order valence-electron chi connectivity index (χ3n) is 1.67. The van der Waals surface area contributed by atoms with Gasteiger partial charge in [0, 0.05) is 0 Å². The number of hydrogen-bond donors (Lipinski definition) is 1. The highest BCUT2D eigenvalue weighted by atomic mass is 35.5. The molecule has 5 heteroatoms. The summed E-state index contributed by atoms with van der Waals surface area (Å²) in [5.74, 6) is 0.333. The molecule has 0 aliphatic carbocycles. The minimum absolute atomic E-state index is 0.0288. The molecule has 72 valence electrons. The molecule has 1 N–H and O–H groups in total. The van der Waals surface area contributed by atoms with Crippen LogP contribution in [0.3, 0.4) is 0 Å². The van der Waals surface area contributed by atoms with E-state index in [0.717, 1.165) is 6.42 Å². The van der Waals surface area contributed by atoms with Crippen molar-refractivity contribution >= 4 is 11.6 Å². The van der Waals surface area contributed by atoms with Crippen LogP contribution in [0.25, 0.3) is 0 Å². The van der Waals surface area contributed by atoms with E-state index in [0.29, 0.717) is 5.75 Å². The quantitative estimate of drug-likeness (QED) is 0.810. The van der Waals surface area contributed by atoms with Crippen LogP contribution in [0.2, 0.25) is 5.02 Å². The van der Waals surface area contributed by atoms with Gasteiger partial charge in [0.15, 0.2) is 10.8 Å². The molecule has 1 atom stereocenters. The highest BCUT2D eigenvalue weighted by molar-refractivity contribution is 6.31. The van der Waals surface area contributed by atoms with Crippen LogP contribution in [0.4, 0.5) is 0 Å². The molecule has 0 radical (unpaired) electrons. The first-order valence-electron chi connectivity index (χ1n) is 4.05. The summed E-state index contributed by atoms with van der Waals surface area (Å²) in [5, 5.41) is 5.85. The highest BCUT2D eigenvalue weighted by Gasteiger charge is 2.08. The van der Waals surface area contributed by atoms with Gasteiger partial charge in [-0.25, -0.2) is 5.10 Å². The monoisotopic (exact) mass is 202 g/mol. The third-order valence-corrected chi connectivity index (χ3v) is 2.02. The third kappa shape index (κ3) is 2.45. The number of hydrogen-bond acceptors (Lipinski definition) is 3. The van der Waals surface area contributed by atoms with Gasteiger partial charge in [0.05, 0.1) is 12.3 Å². The lowest BCUT2D eigenvalue weighted by Crippen LogP contribution is -2.15. The average Bonchev–Trinajstić information content (AvgIpc) is 2.13. The Labute approximate surface area is 80.9 Å². The molecule has 4 nitrogen and oxygen atoms in total. The molecule has 0 fully saturated rings. The molecule has 0 bridgehead atoms. The Hall–Kier alpha value is -1.03. The summed E-state index contributed by atoms with van der Waals surface area (Å²) >= 11 is 5.69. The maximum Gasteiger partial charge on any atom is 0.286 e. The first-order chi connectivity index (χ1) is 6.15. The zero-order valence-corrected chi connectivity index (χ0v) is 8.26. The van der Waals surface area contributed by atoms with E-state index in [9.17, 15) is 4.79 Å². The van der Waals surface area contributed by atoms with Gasteiger partial charge in [0.25, 0.3) is 5.56 Å². The van der Waals surface area contributed by atoms with Crippen molar-refractivity contribution in [3.63, 3.8) is 0 Å². The maximum atomic E-state index is 11.0. The van der Waals surface area contributed by atoms with Gasteiger partial charge in [-0.1, -0.05) is 18.5 Å². The Balaban J connectivity index is 2.89.